The first-order valence-corrected chi connectivity index (χ1v) is 7.60. The SMILES string of the molecule is CN(C)c1ccc(NC(=O)c2cc3cc(Br)ccc3o2)cc1. The van der Waals surface area contributed by atoms with Crippen LogP contribution in [-0.4, -0.2) is 20.0 Å². The van der Waals surface area contributed by atoms with Gasteiger partial charge in [0.1, 0.15) is 5.58 Å². The second-order valence-electron chi connectivity index (χ2n) is 5.19. The Labute approximate surface area is 136 Å². The molecule has 0 aliphatic heterocycles. The molecule has 0 fully saturated rings. The van der Waals surface area contributed by atoms with E-state index >= 15 is 0 Å². The number of carbonyl (C=O) groups is 1. The summed E-state index contributed by atoms with van der Waals surface area (Å²) in [5.41, 5.74) is 2.50. The minimum absolute atomic E-state index is 0.259. The van der Waals surface area contributed by atoms with Crippen LogP contribution in [0.3, 0.4) is 0 Å². The molecule has 3 aromatic rings. The number of amides is 1. The Balaban J connectivity index is 1.80. The van der Waals surface area contributed by atoms with Gasteiger partial charge in [-0.2, -0.15) is 0 Å². The van der Waals surface area contributed by atoms with Crippen LogP contribution in [0.15, 0.2) is 57.4 Å². The van der Waals surface area contributed by atoms with Crippen LogP contribution in [0.2, 0.25) is 0 Å². The van der Waals surface area contributed by atoms with Crippen LogP contribution in [0.25, 0.3) is 11.0 Å². The number of hydrogen-bond donors (Lipinski definition) is 1. The molecule has 0 saturated heterocycles. The van der Waals surface area contributed by atoms with E-state index in [1.807, 2.05) is 61.5 Å². The van der Waals surface area contributed by atoms with E-state index in [0.29, 0.717) is 11.3 Å². The number of nitrogens with zero attached hydrogens (tertiary/aromatic N) is 1. The van der Waals surface area contributed by atoms with E-state index in [9.17, 15) is 4.79 Å². The van der Waals surface area contributed by atoms with E-state index in [4.69, 9.17) is 4.42 Å². The van der Waals surface area contributed by atoms with Crippen LogP contribution in [0.4, 0.5) is 11.4 Å². The molecule has 5 heteroatoms. The molecule has 0 spiro atoms. The lowest BCUT2D eigenvalue weighted by Gasteiger charge is -2.12. The van der Waals surface area contributed by atoms with Gasteiger partial charge in [0.2, 0.25) is 0 Å². The van der Waals surface area contributed by atoms with Crippen molar-refractivity contribution in [1.29, 1.82) is 0 Å². The fraction of sp³-hybridized carbons (Fsp3) is 0.118. The number of fused-ring (bicyclic) bond motifs is 1. The summed E-state index contributed by atoms with van der Waals surface area (Å²) in [7, 11) is 3.94. The van der Waals surface area contributed by atoms with Crippen molar-refractivity contribution in [3.05, 3.63) is 58.8 Å². The van der Waals surface area contributed by atoms with Crippen molar-refractivity contribution < 1.29 is 9.21 Å². The topological polar surface area (TPSA) is 45.5 Å². The molecule has 1 N–H and O–H groups in total. The zero-order chi connectivity index (χ0) is 15.7. The Bertz CT molecular complexity index is 822. The summed E-state index contributed by atoms with van der Waals surface area (Å²) in [5.74, 6) is 0.0368. The monoisotopic (exact) mass is 358 g/mol. The van der Waals surface area contributed by atoms with Gasteiger partial charge in [-0.3, -0.25) is 4.79 Å². The fourth-order valence-electron chi connectivity index (χ4n) is 2.16. The minimum Gasteiger partial charge on any atom is -0.451 e. The molecular weight excluding hydrogens is 344 g/mol. The van der Waals surface area contributed by atoms with Crippen LogP contribution in [0.1, 0.15) is 10.6 Å². The van der Waals surface area contributed by atoms with Gasteiger partial charge in [0.25, 0.3) is 5.91 Å². The standard InChI is InChI=1S/C17H15BrN2O2/c1-20(2)14-6-4-13(5-7-14)19-17(21)16-10-11-9-12(18)3-8-15(11)22-16/h3-10H,1-2H3,(H,19,21). The number of halogens is 1. The van der Waals surface area contributed by atoms with Gasteiger partial charge in [0, 0.05) is 35.3 Å². The van der Waals surface area contributed by atoms with E-state index in [2.05, 4.69) is 21.2 Å². The van der Waals surface area contributed by atoms with Crippen LogP contribution >= 0.6 is 15.9 Å². The van der Waals surface area contributed by atoms with Crippen molar-refractivity contribution in [2.24, 2.45) is 0 Å². The normalized spacial score (nSPS) is 10.7. The molecule has 22 heavy (non-hydrogen) atoms. The molecule has 1 aromatic heterocycles. The second kappa shape index (κ2) is 5.85. The Morgan fingerprint density at radius 1 is 1.09 bits per heavy atom. The number of rotatable bonds is 3. The molecule has 112 valence electrons. The lowest BCUT2D eigenvalue weighted by atomic mass is 10.2. The third kappa shape index (κ3) is 2.99. The molecule has 1 amide bonds. The highest BCUT2D eigenvalue weighted by Crippen LogP contribution is 2.24. The highest BCUT2D eigenvalue weighted by molar-refractivity contribution is 9.10. The van der Waals surface area contributed by atoms with Crippen molar-refractivity contribution in [2.45, 2.75) is 0 Å². The largest absolute Gasteiger partial charge is 0.451 e. The van der Waals surface area contributed by atoms with E-state index in [-0.39, 0.29) is 5.91 Å². The number of carbonyl (C=O) groups excluding carboxylic acids is 1. The Hall–Kier alpha value is -2.27. The van der Waals surface area contributed by atoms with Crippen molar-refractivity contribution in [1.82, 2.24) is 0 Å². The molecule has 0 unspecified atom stereocenters. The smallest absolute Gasteiger partial charge is 0.291 e. The molecule has 4 nitrogen and oxygen atoms in total. The predicted octanol–water partition coefficient (Wildman–Crippen LogP) is 4.51. The number of anilines is 2. The summed E-state index contributed by atoms with van der Waals surface area (Å²) in [6.07, 6.45) is 0. The Kier molecular flexibility index (Phi) is 3.90. The van der Waals surface area contributed by atoms with Gasteiger partial charge in [-0.25, -0.2) is 0 Å². The van der Waals surface area contributed by atoms with Crippen molar-refractivity contribution in [3.63, 3.8) is 0 Å². The van der Waals surface area contributed by atoms with E-state index in [1.54, 1.807) is 6.07 Å². The summed E-state index contributed by atoms with van der Waals surface area (Å²) in [4.78, 5) is 14.3. The first-order valence-electron chi connectivity index (χ1n) is 6.81. The number of furan rings is 1. The van der Waals surface area contributed by atoms with E-state index < -0.39 is 0 Å². The van der Waals surface area contributed by atoms with Gasteiger partial charge in [0.05, 0.1) is 0 Å². The van der Waals surface area contributed by atoms with Crippen LogP contribution in [0.5, 0.6) is 0 Å². The number of hydrogen-bond acceptors (Lipinski definition) is 3. The quantitative estimate of drug-likeness (QED) is 0.748. The van der Waals surface area contributed by atoms with Crippen molar-refractivity contribution in [2.75, 3.05) is 24.3 Å². The van der Waals surface area contributed by atoms with Gasteiger partial charge in [0.15, 0.2) is 5.76 Å². The highest BCUT2D eigenvalue weighted by atomic mass is 79.9. The number of nitrogens with one attached hydrogen (secondary N) is 1. The molecule has 0 saturated carbocycles. The molecule has 3 rings (SSSR count). The molecule has 0 aliphatic carbocycles. The first-order chi connectivity index (χ1) is 10.5. The molecule has 0 aliphatic rings. The molecule has 0 atom stereocenters. The van der Waals surface area contributed by atoms with E-state index in [1.165, 1.54) is 0 Å². The van der Waals surface area contributed by atoms with Gasteiger partial charge in [-0.1, -0.05) is 15.9 Å². The molecule has 2 aromatic carbocycles. The third-order valence-electron chi connectivity index (χ3n) is 3.34. The number of benzene rings is 2. The van der Waals surface area contributed by atoms with Gasteiger partial charge in [-0.15, -0.1) is 0 Å². The van der Waals surface area contributed by atoms with Crippen LogP contribution in [-0.2, 0) is 0 Å². The van der Waals surface area contributed by atoms with Crippen molar-refractivity contribution >= 4 is 44.2 Å². The fourth-order valence-corrected chi connectivity index (χ4v) is 2.54. The summed E-state index contributed by atoms with van der Waals surface area (Å²) in [6.45, 7) is 0. The Morgan fingerprint density at radius 3 is 2.50 bits per heavy atom. The zero-order valence-electron chi connectivity index (χ0n) is 12.3. The average molecular weight is 359 g/mol. The summed E-state index contributed by atoms with van der Waals surface area (Å²) >= 11 is 3.40. The molecule has 1 heterocycles. The molecular formula is C17H15BrN2O2. The summed E-state index contributed by atoms with van der Waals surface area (Å²) in [6, 6.07) is 15.0. The minimum atomic E-state index is -0.259. The van der Waals surface area contributed by atoms with Crippen molar-refractivity contribution in [3.8, 4) is 0 Å². The second-order valence-corrected chi connectivity index (χ2v) is 6.10. The molecule has 0 bridgehead atoms. The van der Waals surface area contributed by atoms with Crippen LogP contribution < -0.4 is 10.2 Å². The van der Waals surface area contributed by atoms with E-state index in [0.717, 1.165) is 21.2 Å². The summed E-state index contributed by atoms with van der Waals surface area (Å²) < 4.78 is 6.53. The van der Waals surface area contributed by atoms with Gasteiger partial charge >= 0.3 is 0 Å². The van der Waals surface area contributed by atoms with Crippen LogP contribution in [0, 0.1) is 0 Å². The van der Waals surface area contributed by atoms with Gasteiger partial charge < -0.3 is 14.6 Å². The highest BCUT2D eigenvalue weighted by Gasteiger charge is 2.12. The summed E-state index contributed by atoms with van der Waals surface area (Å²) in [5, 5.41) is 3.73. The molecule has 0 radical (unpaired) electrons. The average Bonchev–Trinajstić information content (AvgIpc) is 2.91. The van der Waals surface area contributed by atoms with Gasteiger partial charge in [-0.05, 0) is 48.5 Å². The zero-order valence-corrected chi connectivity index (χ0v) is 13.8. The maximum absolute atomic E-state index is 12.3. The lowest BCUT2D eigenvalue weighted by molar-refractivity contribution is 0.0998. The third-order valence-corrected chi connectivity index (χ3v) is 3.84. The Morgan fingerprint density at radius 2 is 1.82 bits per heavy atom. The first kappa shape index (κ1) is 14.7. The maximum atomic E-state index is 12.3. The lowest BCUT2D eigenvalue weighted by Crippen LogP contribution is -2.11. The maximum Gasteiger partial charge on any atom is 0.291 e. The predicted molar refractivity (Wildman–Crippen MR) is 92.6 cm³/mol.